The molecule has 1 N–H and O–H groups in total. The summed E-state index contributed by atoms with van der Waals surface area (Å²) < 4.78 is 22.5. The SMILES string of the molecule is O=C(O)[C@@H]1CC[C@H](N2CCS(=O)(=O)CC2)C1. The third-order valence-electron chi connectivity index (χ3n) is 3.65. The molecule has 2 rings (SSSR count). The lowest BCUT2D eigenvalue weighted by atomic mass is 10.1. The van der Waals surface area contributed by atoms with E-state index in [1.54, 1.807) is 0 Å². The van der Waals surface area contributed by atoms with Crippen LogP contribution < -0.4 is 0 Å². The van der Waals surface area contributed by atoms with Crippen molar-refractivity contribution >= 4 is 15.8 Å². The van der Waals surface area contributed by atoms with Crippen LogP contribution in [0.3, 0.4) is 0 Å². The molecule has 2 atom stereocenters. The normalized spacial score (nSPS) is 35.0. The van der Waals surface area contributed by atoms with Gasteiger partial charge in [0.2, 0.25) is 0 Å². The van der Waals surface area contributed by atoms with Gasteiger partial charge in [0, 0.05) is 19.1 Å². The van der Waals surface area contributed by atoms with E-state index in [0.717, 1.165) is 12.8 Å². The Kier molecular flexibility index (Phi) is 3.21. The van der Waals surface area contributed by atoms with Crippen LogP contribution in [-0.4, -0.2) is 55.0 Å². The minimum Gasteiger partial charge on any atom is -0.481 e. The summed E-state index contributed by atoms with van der Waals surface area (Å²) in [5.74, 6) is -0.502. The van der Waals surface area contributed by atoms with Crippen molar-refractivity contribution in [3.05, 3.63) is 0 Å². The average molecular weight is 247 g/mol. The number of rotatable bonds is 2. The highest BCUT2D eigenvalue weighted by molar-refractivity contribution is 7.91. The maximum atomic E-state index is 11.3. The van der Waals surface area contributed by atoms with Gasteiger partial charge in [0.05, 0.1) is 17.4 Å². The molecule has 5 nitrogen and oxygen atoms in total. The first-order valence-electron chi connectivity index (χ1n) is 5.65. The Balaban J connectivity index is 1.89. The van der Waals surface area contributed by atoms with Crippen LogP contribution in [0, 0.1) is 5.92 Å². The van der Waals surface area contributed by atoms with Crippen molar-refractivity contribution in [1.82, 2.24) is 4.90 Å². The molecule has 0 bridgehead atoms. The summed E-state index contributed by atoms with van der Waals surface area (Å²) in [5.41, 5.74) is 0. The molecule has 0 aromatic heterocycles. The van der Waals surface area contributed by atoms with Crippen molar-refractivity contribution < 1.29 is 18.3 Å². The van der Waals surface area contributed by atoms with Gasteiger partial charge in [0.15, 0.2) is 9.84 Å². The van der Waals surface area contributed by atoms with Crippen molar-refractivity contribution in [2.45, 2.75) is 25.3 Å². The summed E-state index contributed by atoms with van der Waals surface area (Å²) in [6.45, 7) is 1.14. The molecule has 1 aliphatic carbocycles. The molecular formula is C10H17NO4S. The highest BCUT2D eigenvalue weighted by Gasteiger charge is 2.35. The lowest BCUT2D eigenvalue weighted by Gasteiger charge is -2.31. The van der Waals surface area contributed by atoms with Crippen LogP contribution in [0.2, 0.25) is 0 Å². The number of hydrogen-bond donors (Lipinski definition) is 1. The molecule has 1 saturated carbocycles. The van der Waals surface area contributed by atoms with Gasteiger partial charge >= 0.3 is 5.97 Å². The van der Waals surface area contributed by atoms with Gasteiger partial charge in [-0.15, -0.1) is 0 Å². The first-order chi connectivity index (χ1) is 7.48. The lowest BCUT2D eigenvalue weighted by Crippen LogP contribution is -2.45. The second kappa shape index (κ2) is 4.33. The van der Waals surface area contributed by atoms with Crippen molar-refractivity contribution in [3.8, 4) is 0 Å². The molecule has 1 heterocycles. The highest BCUT2D eigenvalue weighted by Crippen LogP contribution is 2.30. The van der Waals surface area contributed by atoms with E-state index < -0.39 is 15.8 Å². The molecule has 0 aromatic carbocycles. The number of aliphatic carboxylic acids is 1. The number of carboxylic acids is 1. The van der Waals surface area contributed by atoms with Gasteiger partial charge in [-0.25, -0.2) is 8.42 Å². The average Bonchev–Trinajstić information content (AvgIpc) is 2.66. The standard InChI is InChI=1S/C10H17NO4S/c12-10(13)8-1-2-9(7-8)11-3-5-16(14,15)6-4-11/h8-9H,1-7H2,(H,12,13)/t8-,9+/m1/s1. The summed E-state index contributed by atoms with van der Waals surface area (Å²) in [5, 5.41) is 8.90. The van der Waals surface area contributed by atoms with E-state index in [9.17, 15) is 13.2 Å². The molecule has 0 amide bonds. The van der Waals surface area contributed by atoms with Gasteiger partial charge in [0.25, 0.3) is 0 Å². The van der Waals surface area contributed by atoms with Gasteiger partial charge in [-0.1, -0.05) is 0 Å². The predicted molar refractivity (Wildman–Crippen MR) is 59.0 cm³/mol. The Bertz CT molecular complexity index is 364. The largest absolute Gasteiger partial charge is 0.481 e. The number of sulfone groups is 1. The molecule has 1 aliphatic heterocycles. The van der Waals surface area contributed by atoms with Gasteiger partial charge in [-0.05, 0) is 19.3 Å². The van der Waals surface area contributed by atoms with E-state index in [2.05, 4.69) is 4.90 Å². The molecule has 0 unspecified atom stereocenters. The summed E-state index contributed by atoms with van der Waals surface area (Å²) in [4.78, 5) is 13.0. The minimum atomic E-state index is -2.83. The van der Waals surface area contributed by atoms with Crippen molar-refractivity contribution in [2.75, 3.05) is 24.6 Å². The summed E-state index contributed by atoms with van der Waals surface area (Å²) >= 11 is 0. The monoisotopic (exact) mass is 247 g/mol. The van der Waals surface area contributed by atoms with Crippen LogP contribution >= 0.6 is 0 Å². The van der Waals surface area contributed by atoms with Crippen LogP contribution in [0.5, 0.6) is 0 Å². The van der Waals surface area contributed by atoms with E-state index in [1.165, 1.54) is 0 Å². The molecule has 6 heteroatoms. The molecule has 0 spiro atoms. The second-order valence-electron chi connectivity index (χ2n) is 4.69. The quantitative estimate of drug-likeness (QED) is 0.741. The van der Waals surface area contributed by atoms with E-state index in [1.807, 2.05) is 0 Å². The number of carbonyl (C=O) groups is 1. The Morgan fingerprint density at radius 2 is 1.81 bits per heavy atom. The highest BCUT2D eigenvalue weighted by atomic mass is 32.2. The van der Waals surface area contributed by atoms with Gasteiger partial charge in [-0.3, -0.25) is 9.69 Å². The van der Waals surface area contributed by atoms with E-state index in [-0.39, 0.29) is 23.5 Å². The lowest BCUT2D eigenvalue weighted by molar-refractivity contribution is -0.141. The first kappa shape index (κ1) is 11.9. The fourth-order valence-electron chi connectivity index (χ4n) is 2.61. The Labute approximate surface area is 95.4 Å². The zero-order chi connectivity index (χ0) is 11.8. The molecule has 16 heavy (non-hydrogen) atoms. The molecular weight excluding hydrogens is 230 g/mol. The molecule has 0 aromatic rings. The topological polar surface area (TPSA) is 74.7 Å². The van der Waals surface area contributed by atoms with Crippen LogP contribution in [0.15, 0.2) is 0 Å². The predicted octanol–water partition coefficient (Wildman–Crippen LogP) is -0.0299. The summed E-state index contributed by atoms with van der Waals surface area (Å²) in [6.07, 6.45) is 2.29. The summed E-state index contributed by atoms with van der Waals surface area (Å²) in [7, 11) is -2.83. The number of carboxylic acid groups (broad SMARTS) is 1. The van der Waals surface area contributed by atoms with Crippen LogP contribution in [-0.2, 0) is 14.6 Å². The van der Waals surface area contributed by atoms with E-state index in [4.69, 9.17) is 5.11 Å². The third-order valence-corrected chi connectivity index (χ3v) is 5.26. The van der Waals surface area contributed by atoms with Crippen molar-refractivity contribution in [3.63, 3.8) is 0 Å². The van der Waals surface area contributed by atoms with Crippen molar-refractivity contribution in [2.24, 2.45) is 5.92 Å². The smallest absolute Gasteiger partial charge is 0.306 e. The maximum Gasteiger partial charge on any atom is 0.306 e. The first-order valence-corrected chi connectivity index (χ1v) is 7.47. The minimum absolute atomic E-state index is 0.223. The molecule has 2 fully saturated rings. The summed E-state index contributed by atoms with van der Waals surface area (Å²) in [6, 6.07) is 0.275. The number of hydrogen-bond acceptors (Lipinski definition) is 4. The third kappa shape index (κ3) is 2.55. The van der Waals surface area contributed by atoms with E-state index >= 15 is 0 Å². The van der Waals surface area contributed by atoms with Crippen LogP contribution in [0.25, 0.3) is 0 Å². The zero-order valence-electron chi connectivity index (χ0n) is 9.13. The van der Waals surface area contributed by atoms with Gasteiger partial charge < -0.3 is 5.11 Å². The Morgan fingerprint density at radius 3 is 2.31 bits per heavy atom. The fourth-order valence-corrected chi connectivity index (χ4v) is 3.83. The van der Waals surface area contributed by atoms with Gasteiger partial charge in [0.1, 0.15) is 0 Å². The van der Waals surface area contributed by atoms with Crippen LogP contribution in [0.1, 0.15) is 19.3 Å². The maximum absolute atomic E-state index is 11.3. The van der Waals surface area contributed by atoms with E-state index in [0.29, 0.717) is 19.5 Å². The number of nitrogens with zero attached hydrogens (tertiary/aromatic N) is 1. The van der Waals surface area contributed by atoms with Gasteiger partial charge in [-0.2, -0.15) is 0 Å². The second-order valence-corrected chi connectivity index (χ2v) is 6.99. The molecule has 2 aliphatic rings. The van der Waals surface area contributed by atoms with Crippen LogP contribution in [0.4, 0.5) is 0 Å². The Morgan fingerprint density at radius 1 is 1.19 bits per heavy atom. The molecule has 1 saturated heterocycles. The Hall–Kier alpha value is -0.620. The fraction of sp³-hybridized carbons (Fsp3) is 0.900. The molecule has 0 radical (unpaired) electrons. The van der Waals surface area contributed by atoms with Crippen molar-refractivity contribution in [1.29, 1.82) is 0 Å². The molecule has 92 valence electrons. The zero-order valence-corrected chi connectivity index (χ0v) is 9.95.